The summed E-state index contributed by atoms with van der Waals surface area (Å²) in [6.07, 6.45) is 4.53. The minimum Gasteiger partial charge on any atom is -0.379 e. The number of aldehydes is 1. The van der Waals surface area contributed by atoms with Crippen molar-refractivity contribution in [1.82, 2.24) is 24.3 Å². The van der Waals surface area contributed by atoms with Gasteiger partial charge < -0.3 is 15.0 Å². The lowest BCUT2D eigenvalue weighted by Crippen LogP contribution is -2.36. The Morgan fingerprint density at radius 2 is 2.03 bits per heavy atom. The minimum absolute atomic E-state index is 0.0451. The fourth-order valence-electron chi connectivity index (χ4n) is 4.08. The molecule has 1 N–H and O–H groups in total. The summed E-state index contributed by atoms with van der Waals surface area (Å²) in [5.74, 6) is 0.400. The van der Waals surface area contributed by atoms with E-state index in [-0.39, 0.29) is 5.91 Å². The number of hydrogen-bond acceptors (Lipinski definition) is 7. The molecule has 2 aliphatic rings. The SMILES string of the molecule is CN=C(N/C(C)=C\C=O)n1ncc(C(=O)N2CCc3ccc(SN4CCOCC4)cc3C2)c1C. The molecule has 1 saturated heterocycles. The van der Waals surface area contributed by atoms with Crippen LogP contribution < -0.4 is 5.32 Å². The van der Waals surface area contributed by atoms with Crippen molar-refractivity contribution < 1.29 is 14.3 Å². The molecule has 9 nitrogen and oxygen atoms in total. The number of rotatable bonds is 5. The number of allylic oxidation sites excluding steroid dienone is 2. The Labute approximate surface area is 204 Å². The van der Waals surface area contributed by atoms with Crippen LogP contribution in [0.2, 0.25) is 0 Å². The van der Waals surface area contributed by atoms with E-state index in [0.717, 1.165) is 32.7 Å². The molecule has 1 aromatic carbocycles. The maximum atomic E-state index is 13.4. The fourth-order valence-corrected chi connectivity index (χ4v) is 5.03. The van der Waals surface area contributed by atoms with Crippen LogP contribution in [-0.4, -0.2) is 77.0 Å². The quantitative estimate of drug-likeness (QED) is 0.230. The van der Waals surface area contributed by atoms with Crippen LogP contribution in [0.4, 0.5) is 0 Å². The molecule has 4 rings (SSSR count). The number of nitrogens with zero attached hydrogens (tertiary/aromatic N) is 5. The number of aliphatic imine (C=N–C) groups is 1. The van der Waals surface area contributed by atoms with Crippen molar-refractivity contribution in [2.75, 3.05) is 39.9 Å². The summed E-state index contributed by atoms with van der Waals surface area (Å²) in [5, 5.41) is 7.43. The summed E-state index contributed by atoms with van der Waals surface area (Å²) in [4.78, 5) is 31.4. The molecular weight excluding hydrogens is 452 g/mol. The van der Waals surface area contributed by atoms with E-state index < -0.39 is 0 Å². The number of benzene rings is 1. The molecule has 3 heterocycles. The Kier molecular flexibility index (Phi) is 7.81. The maximum absolute atomic E-state index is 13.4. The number of amides is 1. The number of morpholine rings is 1. The summed E-state index contributed by atoms with van der Waals surface area (Å²) in [5.41, 5.74) is 4.36. The first-order valence-electron chi connectivity index (χ1n) is 11.3. The molecule has 0 aliphatic carbocycles. The minimum atomic E-state index is -0.0451. The monoisotopic (exact) mass is 482 g/mol. The maximum Gasteiger partial charge on any atom is 0.257 e. The molecule has 180 valence electrons. The van der Waals surface area contributed by atoms with Crippen LogP contribution >= 0.6 is 11.9 Å². The Bertz CT molecular complexity index is 1120. The van der Waals surface area contributed by atoms with Gasteiger partial charge in [0.25, 0.3) is 5.91 Å². The van der Waals surface area contributed by atoms with Crippen LogP contribution in [0, 0.1) is 6.92 Å². The molecule has 0 saturated carbocycles. The second-order valence-corrected chi connectivity index (χ2v) is 9.42. The third-order valence-corrected chi connectivity index (χ3v) is 7.05. The van der Waals surface area contributed by atoms with Gasteiger partial charge in [-0.1, -0.05) is 6.07 Å². The molecule has 1 fully saturated rings. The van der Waals surface area contributed by atoms with E-state index in [4.69, 9.17) is 4.74 Å². The van der Waals surface area contributed by atoms with Crippen LogP contribution in [0.25, 0.3) is 0 Å². The Balaban J connectivity index is 1.48. The van der Waals surface area contributed by atoms with Crippen molar-refractivity contribution >= 4 is 30.1 Å². The van der Waals surface area contributed by atoms with Crippen LogP contribution in [0.3, 0.4) is 0 Å². The highest BCUT2D eigenvalue weighted by Crippen LogP contribution is 2.29. The zero-order valence-electron chi connectivity index (χ0n) is 19.8. The molecule has 34 heavy (non-hydrogen) atoms. The van der Waals surface area contributed by atoms with Gasteiger partial charge in [-0.25, -0.2) is 8.99 Å². The summed E-state index contributed by atoms with van der Waals surface area (Å²) >= 11 is 1.75. The van der Waals surface area contributed by atoms with Crippen molar-refractivity contribution in [2.45, 2.75) is 31.7 Å². The van der Waals surface area contributed by atoms with E-state index in [1.165, 1.54) is 22.1 Å². The van der Waals surface area contributed by atoms with Crippen molar-refractivity contribution in [3.8, 4) is 0 Å². The van der Waals surface area contributed by atoms with Gasteiger partial charge in [-0.2, -0.15) is 5.10 Å². The first kappa shape index (κ1) is 24.2. The molecule has 0 spiro atoms. The van der Waals surface area contributed by atoms with E-state index in [2.05, 4.69) is 37.9 Å². The van der Waals surface area contributed by atoms with E-state index in [1.807, 2.05) is 11.8 Å². The van der Waals surface area contributed by atoms with Gasteiger partial charge in [0.05, 0.1) is 30.7 Å². The molecule has 0 bridgehead atoms. The van der Waals surface area contributed by atoms with Gasteiger partial charge in [-0.15, -0.1) is 0 Å². The van der Waals surface area contributed by atoms with E-state index in [1.54, 1.807) is 36.8 Å². The lowest BCUT2D eigenvalue weighted by Gasteiger charge is -2.30. The lowest BCUT2D eigenvalue weighted by molar-refractivity contribution is -0.104. The third-order valence-electron chi connectivity index (χ3n) is 5.96. The molecule has 0 unspecified atom stereocenters. The van der Waals surface area contributed by atoms with Crippen LogP contribution in [0.5, 0.6) is 0 Å². The molecule has 10 heteroatoms. The van der Waals surface area contributed by atoms with Gasteiger partial charge in [-0.3, -0.25) is 14.6 Å². The topological polar surface area (TPSA) is 92.1 Å². The average Bonchev–Trinajstić information content (AvgIpc) is 3.23. The molecule has 0 atom stereocenters. The van der Waals surface area contributed by atoms with Gasteiger partial charge in [0.2, 0.25) is 5.96 Å². The molecule has 2 aliphatic heterocycles. The van der Waals surface area contributed by atoms with Gasteiger partial charge in [0, 0.05) is 43.8 Å². The standard InChI is InChI=1S/C24H30N6O3S/c1-17(7-11-31)27-24(25-3)30-18(2)22(15-26-30)23(32)28-8-6-19-4-5-21(14-20(19)16-28)34-29-9-12-33-13-10-29/h4-5,7,11,14-15H,6,8-10,12-13,16H2,1-3H3,(H,25,27)/b17-7-. The number of ether oxygens (including phenoxy) is 1. The summed E-state index contributed by atoms with van der Waals surface area (Å²) < 4.78 is 9.35. The second-order valence-electron chi connectivity index (χ2n) is 8.25. The van der Waals surface area contributed by atoms with Crippen LogP contribution in [0.1, 0.15) is 34.1 Å². The highest BCUT2D eigenvalue weighted by Gasteiger charge is 2.26. The molecule has 0 radical (unpaired) electrons. The van der Waals surface area contributed by atoms with Gasteiger partial charge in [0.1, 0.15) is 6.29 Å². The van der Waals surface area contributed by atoms with Crippen LogP contribution in [-0.2, 0) is 22.5 Å². The summed E-state index contributed by atoms with van der Waals surface area (Å²) in [7, 11) is 1.63. The number of nitrogens with one attached hydrogen (secondary N) is 1. The van der Waals surface area contributed by atoms with Crippen molar-refractivity contribution in [3.05, 3.63) is 58.6 Å². The highest BCUT2D eigenvalue weighted by molar-refractivity contribution is 7.97. The molecular formula is C24H30N6O3S. The number of carbonyl (C=O) groups is 2. The Morgan fingerprint density at radius 1 is 1.24 bits per heavy atom. The zero-order chi connectivity index (χ0) is 24.1. The lowest BCUT2D eigenvalue weighted by atomic mass is 9.99. The van der Waals surface area contributed by atoms with E-state index in [0.29, 0.717) is 42.3 Å². The highest BCUT2D eigenvalue weighted by atomic mass is 32.2. The van der Waals surface area contributed by atoms with E-state index >= 15 is 0 Å². The Hall–Kier alpha value is -2.95. The number of carbonyl (C=O) groups excluding carboxylic acids is 2. The smallest absolute Gasteiger partial charge is 0.257 e. The molecule has 1 aromatic heterocycles. The summed E-state index contributed by atoms with van der Waals surface area (Å²) in [6.45, 7) is 8.21. The normalized spacial score (nSPS) is 17.4. The number of aromatic nitrogens is 2. The third kappa shape index (κ3) is 5.40. The van der Waals surface area contributed by atoms with Gasteiger partial charge >= 0.3 is 0 Å². The zero-order valence-corrected chi connectivity index (χ0v) is 20.6. The predicted octanol–water partition coefficient (Wildman–Crippen LogP) is 2.26. The molecule has 1 amide bonds. The first-order valence-corrected chi connectivity index (χ1v) is 12.1. The van der Waals surface area contributed by atoms with Crippen molar-refractivity contribution in [2.24, 2.45) is 4.99 Å². The van der Waals surface area contributed by atoms with Crippen molar-refractivity contribution in [1.29, 1.82) is 0 Å². The van der Waals surface area contributed by atoms with Crippen LogP contribution in [0.15, 0.2) is 46.1 Å². The average molecular weight is 483 g/mol. The largest absolute Gasteiger partial charge is 0.379 e. The predicted molar refractivity (Wildman–Crippen MR) is 132 cm³/mol. The number of fused-ring (bicyclic) bond motifs is 1. The van der Waals surface area contributed by atoms with E-state index in [9.17, 15) is 9.59 Å². The fraction of sp³-hybridized carbons (Fsp3) is 0.417. The summed E-state index contributed by atoms with van der Waals surface area (Å²) in [6, 6.07) is 6.57. The Morgan fingerprint density at radius 3 is 2.76 bits per heavy atom. The molecule has 2 aromatic rings. The number of hydrogen-bond donors (Lipinski definition) is 1. The second kappa shape index (κ2) is 11.0. The van der Waals surface area contributed by atoms with Gasteiger partial charge in [0.15, 0.2) is 0 Å². The van der Waals surface area contributed by atoms with Gasteiger partial charge in [-0.05, 0) is 61.6 Å². The first-order chi connectivity index (χ1) is 16.5. The van der Waals surface area contributed by atoms with Crippen molar-refractivity contribution in [3.63, 3.8) is 0 Å².